The van der Waals surface area contributed by atoms with E-state index in [-0.39, 0.29) is 25.1 Å². The summed E-state index contributed by atoms with van der Waals surface area (Å²) in [7, 11) is 0. The number of aliphatic hydroxyl groups is 1. The lowest BCUT2D eigenvalue weighted by molar-refractivity contribution is -0.120. The number of carbonyl (C=O) groups excluding carboxylic acids is 1. The fraction of sp³-hybridized carbons (Fsp3) is 0.533. The largest absolute Gasteiger partial charge is 0.396 e. The second-order valence-corrected chi connectivity index (χ2v) is 5.05. The summed E-state index contributed by atoms with van der Waals surface area (Å²) in [4.78, 5) is 11.7. The molecule has 0 aliphatic heterocycles. The first-order valence-electron chi connectivity index (χ1n) is 6.79. The first-order chi connectivity index (χ1) is 9.13. The van der Waals surface area contributed by atoms with Crippen molar-refractivity contribution in [3.63, 3.8) is 0 Å². The molecule has 4 heteroatoms. The number of aliphatic hydroxyl groups excluding tert-OH is 1. The van der Waals surface area contributed by atoms with E-state index in [0.29, 0.717) is 18.9 Å². The van der Waals surface area contributed by atoms with Crippen LogP contribution in [0.3, 0.4) is 0 Å². The molecule has 1 amide bonds. The minimum atomic E-state index is -0.00688. The van der Waals surface area contributed by atoms with Crippen LogP contribution in [-0.4, -0.2) is 30.7 Å². The lowest BCUT2D eigenvalue weighted by atomic mass is 10.0. The van der Waals surface area contributed by atoms with Gasteiger partial charge in [0.25, 0.3) is 0 Å². The van der Waals surface area contributed by atoms with Crippen molar-refractivity contribution >= 4 is 5.91 Å². The second kappa shape index (κ2) is 8.67. The topological polar surface area (TPSA) is 61.4 Å². The molecule has 1 rings (SSSR count). The smallest absolute Gasteiger partial charge is 0.233 e. The average Bonchev–Trinajstić information content (AvgIpc) is 2.42. The van der Waals surface area contributed by atoms with E-state index in [1.807, 2.05) is 30.3 Å². The van der Waals surface area contributed by atoms with Crippen LogP contribution < -0.4 is 10.6 Å². The number of hydrogen-bond acceptors (Lipinski definition) is 3. The third-order valence-corrected chi connectivity index (χ3v) is 2.84. The molecule has 0 saturated heterocycles. The highest BCUT2D eigenvalue weighted by Crippen LogP contribution is 2.15. The number of benzene rings is 1. The number of carbonyl (C=O) groups is 1. The molecule has 1 aromatic carbocycles. The maximum atomic E-state index is 11.7. The lowest BCUT2D eigenvalue weighted by Gasteiger charge is -2.18. The molecular formula is C15H24N2O2. The highest BCUT2D eigenvalue weighted by molar-refractivity contribution is 5.78. The Kier molecular flexibility index (Phi) is 7.15. The van der Waals surface area contributed by atoms with Crippen molar-refractivity contribution in [2.24, 2.45) is 5.92 Å². The summed E-state index contributed by atoms with van der Waals surface area (Å²) < 4.78 is 0. The molecule has 0 spiro atoms. The van der Waals surface area contributed by atoms with E-state index in [4.69, 9.17) is 5.11 Å². The van der Waals surface area contributed by atoms with Gasteiger partial charge in [-0.1, -0.05) is 44.2 Å². The van der Waals surface area contributed by atoms with E-state index in [2.05, 4.69) is 24.5 Å². The third-order valence-electron chi connectivity index (χ3n) is 2.84. The van der Waals surface area contributed by atoms with Crippen molar-refractivity contribution in [3.8, 4) is 0 Å². The van der Waals surface area contributed by atoms with Crippen molar-refractivity contribution in [2.75, 3.05) is 19.7 Å². The zero-order valence-corrected chi connectivity index (χ0v) is 11.7. The second-order valence-electron chi connectivity index (χ2n) is 5.05. The van der Waals surface area contributed by atoms with Gasteiger partial charge < -0.3 is 15.7 Å². The lowest BCUT2D eigenvalue weighted by Crippen LogP contribution is -2.37. The normalized spacial score (nSPS) is 12.4. The molecule has 1 aromatic rings. The van der Waals surface area contributed by atoms with Gasteiger partial charge in [0.2, 0.25) is 5.91 Å². The van der Waals surface area contributed by atoms with E-state index in [0.717, 1.165) is 5.56 Å². The van der Waals surface area contributed by atoms with Crippen LogP contribution in [0.15, 0.2) is 30.3 Å². The molecule has 0 bridgehead atoms. The monoisotopic (exact) mass is 264 g/mol. The Labute approximate surface area is 115 Å². The van der Waals surface area contributed by atoms with Gasteiger partial charge in [0, 0.05) is 19.2 Å². The van der Waals surface area contributed by atoms with Gasteiger partial charge in [0.1, 0.15) is 0 Å². The van der Waals surface area contributed by atoms with Crippen LogP contribution in [0.25, 0.3) is 0 Å². The number of nitrogens with one attached hydrogen (secondary N) is 2. The first kappa shape index (κ1) is 15.7. The zero-order chi connectivity index (χ0) is 14.1. The van der Waals surface area contributed by atoms with E-state index >= 15 is 0 Å². The highest BCUT2D eigenvalue weighted by atomic mass is 16.3. The molecule has 1 atom stereocenters. The molecule has 19 heavy (non-hydrogen) atoms. The fourth-order valence-electron chi connectivity index (χ4n) is 1.80. The van der Waals surface area contributed by atoms with Crippen molar-refractivity contribution in [1.82, 2.24) is 10.6 Å². The summed E-state index contributed by atoms with van der Waals surface area (Å²) in [6.07, 6.45) is 0.599. The standard InChI is InChI=1S/C15H24N2O2/c1-12(2)10-17-15(19)11-16-14(8-9-18)13-6-4-3-5-7-13/h3-7,12,14,16,18H,8-11H2,1-2H3,(H,17,19). The van der Waals surface area contributed by atoms with Gasteiger partial charge in [-0.15, -0.1) is 0 Å². The fourth-order valence-corrected chi connectivity index (χ4v) is 1.80. The molecule has 0 fully saturated rings. The van der Waals surface area contributed by atoms with Gasteiger partial charge >= 0.3 is 0 Å². The summed E-state index contributed by atoms with van der Waals surface area (Å²) in [6, 6.07) is 9.88. The molecule has 0 heterocycles. The van der Waals surface area contributed by atoms with E-state index in [1.54, 1.807) is 0 Å². The number of hydrogen-bond donors (Lipinski definition) is 3. The van der Waals surface area contributed by atoms with E-state index in [9.17, 15) is 4.79 Å². The minimum absolute atomic E-state index is 0.00688. The van der Waals surface area contributed by atoms with Crippen molar-refractivity contribution in [1.29, 1.82) is 0 Å². The quantitative estimate of drug-likeness (QED) is 0.666. The van der Waals surface area contributed by atoms with Crippen LogP contribution in [0.5, 0.6) is 0 Å². The molecule has 0 aliphatic carbocycles. The Bertz CT molecular complexity index is 366. The predicted molar refractivity (Wildman–Crippen MR) is 76.7 cm³/mol. The van der Waals surface area contributed by atoms with Gasteiger partial charge in [-0.3, -0.25) is 4.79 Å². The molecular weight excluding hydrogens is 240 g/mol. The molecule has 0 radical (unpaired) electrons. The maximum Gasteiger partial charge on any atom is 0.233 e. The van der Waals surface area contributed by atoms with Crippen molar-refractivity contribution in [3.05, 3.63) is 35.9 Å². The van der Waals surface area contributed by atoms with Gasteiger partial charge in [-0.05, 0) is 17.9 Å². The van der Waals surface area contributed by atoms with Crippen molar-refractivity contribution in [2.45, 2.75) is 26.3 Å². The molecule has 1 unspecified atom stereocenters. The molecule has 0 aromatic heterocycles. The Morgan fingerprint density at radius 3 is 2.53 bits per heavy atom. The van der Waals surface area contributed by atoms with Crippen LogP contribution >= 0.6 is 0 Å². The molecule has 0 aliphatic rings. The van der Waals surface area contributed by atoms with Gasteiger partial charge in [0.05, 0.1) is 6.54 Å². The summed E-state index contributed by atoms with van der Waals surface area (Å²) >= 11 is 0. The molecule has 106 valence electrons. The molecule has 4 nitrogen and oxygen atoms in total. The van der Waals surface area contributed by atoms with Gasteiger partial charge in [-0.2, -0.15) is 0 Å². The number of rotatable bonds is 8. The molecule has 3 N–H and O–H groups in total. The summed E-state index contributed by atoms with van der Waals surface area (Å²) in [5, 5.41) is 15.2. The van der Waals surface area contributed by atoms with Crippen LogP contribution in [-0.2, 0) is 4.79 Å². The summed E-state index contributed by atoms with van der Waals surface area (Å²) in [6.45, 7) is 5.18. The third kappa shape index (κ3) is 6.36. The van der Waals surface area contributed by atoms with Crippen LogP contribution in [0.4, 0.5) is 0 Å². The van der Waals surface area contributed by atoms with Gasteiger partial charge in [-0.25, -0.2) is 0 Å². The van der Waals surface area contributed by atoms with Gasteiger partial charge in [0.15, 0.2) is 0 Å². The van der Waals surface area contributed by atoms with E-state index < -0.39 is 0 Å². The Morgan fingerprint density at radius 1 is 1.26 bits per heavy atom. The Morgan fingerprint density at radius 2 is 1.95 bits per heavy atom. The first-order valence-corrected chi connectivity index (χ1v) is 6.79. The minimum Gasteiger partial charge on any atom is -0.396 e. The maximum absolute atomic E-state index is 11.7. The predicted octanol–water partition coefficient (Wildman–Crippen LogP) is 1.47. The Balaban J connectivity index is 2.44. The average molecular weight is 264 g/mol. The highest BCUT2D eigenvalue weighted by Gasteiger charge is 2.11. The summed E-state index contributed by atoms with van der Waals surface area (Å²) in [5.74, 6) is 0.443. The zero-order valence-electron chi connectivity index (χ0n) is 11.7. The molecule has 0 saturated carbocycles. The van der Waals surface area contributed by atoms with Crippen LogP contribution in [0.2, 0.25) is 0 Å². The van der Waals surface area contributed by atoms with Crippen molar-refractivity contribution < 1.29 is 9.90 Å². The SMILES string of the molecule is CC(C)CNC(=O)CNC(CCO)c1ccccc1. The van der Waals surface area contributed by atoms with E-state index in [1.165, 1.54) is 0 Å². The summed E-state index contributed by atoms with van der Waals surface area (Å²) in [5.41, 5.74) is 1.09. The Hall–Kier alpha value is -1.39. The number of amides is 1. The van der Waals surface area contributed by atoms with Crippen LogP contribution in [0, 0.1) is 5.92 Å². The van der Waals surface area contributed by atoms with Crippen LogP contribution in [0.1, 0.15) is 31.9 Å².